The Morgan fingerprint density at radius 3 is 2.83 bits per heavy atom. The van der Waals surface area contributed by atoms with Crippen LogP contribution in [0.25, 0.3) is 0 Å². The summed E-state index contributed by atoms with van der Waals surface area (Å²) in [7, 11) is -3.61. The summed E-state index contributed by atoms with van der Waals surface area (Å²) < 4.78 is 30.6. The highest BCUT2D eigenvalue weighted by Gasteiger charge is 2.24. The van der Waals surface area contributed by atoms with Crippen molar-refractivity contribution in [2.45, 2.75) is 25.9 Å². The molecule has 1 amide bonds. The zero-order valence-electron chi connectivity index (χ0n) is 13.2. The van der Waals surface area contributed by atoms with Gasteiger partial charge in [-0.05, 0) is 37.5 Å². The minimum Gasteiger partial charge on any atom is -0.376 e. The van der Waals surface area contributed by atoms with Crippen LogP contribution in [0.15, 0.2) is 18.2 Å². The summed E-state index contributed by atoms with van der Waals surface area (Å²) in [6, 6.07) is 4.97. The van der Waals surface area contributed by atoms with E-state index in [4.69, 9.17) is 16.3 Å². The molecule has 23 heavy (non-hydrogen) atoms. The highest BCUT2D eigenvalue weighted by atomic mass is 35.5. The Morgan fingerprint density at radius 1 is 1.48 bits per heavy atom. The number of hydrogen-bond donors (Lipinski definition) is 1. The van der Waals surface area contributed by atoms with Gasteiger partial charge in [0.05, 0.1) is 18.0 Å². The lowest BCUT2D eigenvalue weighted by molar-refractivity contribution is -0.120. The third-order valence-electron chi connectivity index (χ3n) is 3.75. The SMILES string of the molecule is Cc1c(Cl)cccc1N(CC(=O)NC[C@H]1CCCO1)S(C)(=O)=O. The summed E-state index contributed by atoms with van der Waals surface area (Å²) in [6.07, 6.45) is 2.97. The number of carbonyl (C=O) groups is 1. The molecule has 1 N–H and O–H groups in total. The molecule has 0 saturated carbocycles. The molecular weight excluding hydrogens is 340 g/mol. The van der Waals surface area contributed by atoms with Crippen LogP contribution in [-0.2, 0) is 19.6 Å². The summed E-state index contributed by atoms with van der Waals surface area (Å²) in [5.74, 6) is -0.370. The third-order valence-corrected chi connectivity index (χ3v) is 5.28. The van der Waals surface area contributed by atoms with Gasteiger partial charge in [-0.3, -0.25) is 9.10 Å². The van der Waals surface area contributed by atoms with Gasteiger partial charge < -0.3 is 10.1 Å². The van der Waals surface area contributed by atoms with Crippen molar-refractivity contribution in [2.75, 3.05) is 30.3 Å². The molecule has 1 aliphatic rings. The molecule has 1 aliphatic heterocycles. The number of ether oxygens (including phenoxy) is 1. The molecule has 1 aromatic rings. The van der Waals surface area contributed by atoms with Gasteiger partial charge in [-0.1, -0.05) is 17.7 Å². The van der Waals surface area contributed by atoms with E-state index in [2.05, 4.69) is 5.32 Å². The van der Waals surface area contributed by atoms with Crippen LogP contribution in [-0.4, -0.2) is 46.4 Å². The lowest BCUT2D eigenvalue weighted by Gasteiger charge is -2.24. The number of nitrogens with one attached hydrogen (secondary N) is 1. The van der Waals surface area contributed by atoms with Gasteiger partial charge in [-0.15, -0.1) is 0 Å². The average Bonchev–Trinajstić information content (AvgIpc) is 2.98. The van der Waals surface area contributed by atoms with Crippen molar-refractivity contribution in [3.63, 3.8) is 0 Å². The minimum atomic E-state index is -3.61. The molecule has 0 unspecified atom stereocenters. The number of nitrogens with zero attached hydrogens (tertiary/aromatic N) is 1. The molecule has 0 spiro atoms. The first-order valence-electron chi connectivity index (χ1n) is 7.40. The Hall–Kier alpha value is -1.31. The largest absolute Gasteiger partial charge is 0.376 e. The first kappa shape index (κ1) is 18.0. The second kappa shape index (κ2) is 7.51. The molecule has 1 fully saturated rings. The van der Waals surface area contributed by atoms with E-state index in [1.165, 1.54) is 0 Å². The van der Waals surface area contributed by atoms with Crippen molar-refractivity contribution in [1.82, 2.24) is 5.32 Å². The van der Waals surface area contributed by atoms with Crippen LogP contribution in [0.2, 0.25) is 5.02 Å². The standard InChI is InChI=1S/C15H21ClN2O4S/c1-11-13(16)6-3-7-14(11)18(23(2,20)21)10-15(19)17-9-12-5-4-8-22-12/h3,6-7,12H,4-5,8-10H2,1-2H3,(H,17,19)/t12-/m1/s1. The highest BCUT2D eigenvalue weighted by molar-refractivity contribution is 7.92. The molecule has 8 heteroatoms. The van der Waals surface area contributed by atoms with E-state index in [1.54, 1.807) is 25.1 Å². The maximum Gasteiger partial charge on any atom is 0.240 e. The monoisotopic (exact) mass is 360 g/mol. The Bertz CT molecular complexity index is 672. The topological polar surface area (TPSA) is 75.7 Å². The Kier molecular flexibility index (Phi) is 5.89. The first-order chi connectivity index (χ1) is 10.8. The fraction of sp³-hybridized carbons (Fsp3) is 0.533. The summed E-state index contributed by atoms with van der Waals surface area (Å²) >= 11 is 6.05. The fourth-order valence-electron chi connectivity index (χ4n) is 2.47. The number of halogens is 1. The van der Waals surface area contributed by atoms with Crippen LogP contribution >= 0.6 is 11.6 Å². The van der Waals surface area contributed by atoms with Crippen molar-refractivity contribution in [3.8, 4) is 0 Å². The summed E-state index contributed by atoms with van der Waals surface area (Å²) in [5, 5.41) is 3.18. The molecule has 2 rings (SSSR count). The highest BCUT2D eigenvalue weighted by Crippen LogP contribution is 2.27. The third kappa shape index (κ3) is 4.83. The zero-order chi connectivity index (χ0) is 17.0. The van der Waals surface area contributed by atoms with Crippen LogP contribution in [0, 0.1) is 6.92 Å². The maximum atomic E-state index is 12.1. The van der Waals surface area contributed by atoms with Gasteiger partial charge in [0, 0.05) is 18.2 Å². The van der Waals surface area contributed by atoms with E-state index in [0.29, 0.717) is 29.4 Å². The number of rotatable bonds is 6. The predicted molar refractivity (Wildman–Crippen MR) is 90.4 cm³/mol. The number of benzene rings is 1. The van der Waals surface area contributed by atoms with Crippen LogP contribution in [0.5, 0.6) is 0 Å². The summed E-state index contributed by atoms with van der Waals surface area (Å²) in [4.78, 5) is 12.1. The van der Waals surface area contributed by atoms with Gasteiger partial charge in [0.15, 0.2) is 0 Å². The normalized spacial score (nSPS) is 18.0. The van der Waals surface area contributed by atoms with E-state index >= 15 is 0 Å². The number of carbonyl (C=O) groups excluding carboxylic acids is 1. The van der Waals surface area contributed by atoms with Crippen LogP contribution in [0.4, 0.5) is 5.69 Å². The molecule has 6 nitrogen and oxygen atoms in total. The number of amides is 1. The van der Waals surface area contributed by atoms with Crippen molar-refractivity contribution >= 4 is 33.2 Å². The molecular formula is C15H21ClN2O4S. The number of anilines is 1. The first-order valence-corrected chi connectivity index (χ1v) is 9.63. The Balaban J connectivity index is 2.10. The van der Waals surface area contributed by atoms with Crippen molar-refractivity contribution in [2.24, 2.45) is 0 Å². The second-order valence-corrected chi connectivity index (χ2v) is 7.91. The smallest absolute Gasteiger partial charge is 0.240 e. The van der Waals surface area contributed by atoms with E-state index in [0.717, 1.165) is 23.4 Å². The molecule has 1 heterocycles. The van der Waals surface area contributed by atoms with Crippen molar-refractivity contribution < 1.29 is 17.9 Å². The number of sulfonamides is 1. The zero-order valence-corrected chi connectivity index (χ0v) is 14.8. The molecule has 1 aromatic carbocycles. The van der Waals surface area contributed by atoms with E-state index in [-0.39, 0.29) is 18.6 Å². The van der Waals surface area contributed by atoms with Crippen LogP contribution in [0.3, 0.4) is 0 Å². The van der Waals surface area contributed by atoms with E-state index in [1.807, 2.05) is 0 Å². The molecule has 1 atom stereocenters. The molecule has 0 radical (unpaired) electrons. The predicted octanol–water partition coefficient (Wildman–Crippen LogP) is 1.71. The second-order valence-electron chi connectivity index (χ2n) is 5.59. The Labute approximate surface area is 141 Å². The van der Waals surface area contributed by atoms with Gasteiger partial charge in [0.1, 0.15) is 6.54 Å². The number of hydrogen-bond acceptors (Lipinski definition) is 4. The molecule has 0 aliphatic carbocycles. The van der Waals surface area contributed by atoms with Crippen LogP contribution in [0.1, 0.15) is 18.4 Å². The Morgan fingerprint density at radius 2 is 2.22 bits per heavy atom. The lowest BCUT2D eigenvalue weighted by atomic mass is 10.2. The van der Waals surface area contributed by atoms with Crippen LogP contribution < -0.4 is 9.62 Å². The molecule has 0 aromatic heterocycles. The van der Waals surface area contributed by atoms with Gasteiger partial charge in [-0.25, -0.2) is 8.42 Å². The molecule has 128 valence electrons. The fourth-order valence-corrected chi connectivity index (χ4v) is 3.54. The van der Waals surface area contributed by atoms with Gasteiger partial charge >= 0.3 is 0 Å². The summed E-state index contributed by atoms with van der Waals surface area (Å²) in [5.41, 5.74) is 1.03. The quantitative estimate of drug-likeness (QED) is 0.838. The van der Waals surface area contributed by atoms with Gasteiger partial charge in [0.25, 0.3) is 0 Å². The lowest BCUT2D eigenvalue weighted by Crippen LogP contribution is -2.42. The minimum absolute atomic E-state index is 0.0125. The van der Waals surface area contributed by atoms with E-state index < -0.39 is 10.0 Å². The van der Waals surface area contributed by atoms with Crippen molar-refractivity contribution in [3.05, 3.63) is 28.8 Å². The van der Waals surface area contributed by atoms with Gasteiger partial charge in [-0.2, -0.15) is 0 Å². The molecule has 1 saturated heterocycles. The maximum absolute atomic E-state index is 12.1. The average molecular weight is 361 g/mol. The molecule has 0 bridgehead atoms. The van der Waals surface area contributed by atoms with Crippen molar-refractivity contribution in [1.29, 1.82) is 0 Å². The summed E-state index contributed by atoms with van der Waals surface area (Å²) in [6.45, 7) is 2.54. The van der Waals surface area contributed by atoms with Gasteiger partial charge in [0.2, 0.25) is 15.9 Å². The van der Waals surface area contributed by atoms with E-state index in [9.17, 15) is 13.2 Å².